The number of azide groups is 1. The molecule has 0 radical (unpaired) electrons. The molecule has 72 valence electrons. The largest absolute Gasteiger partial charge is 0.336 e. The Balaban J connectivity index is 2.46. The second kappa shape index (κ2) is 3.57. The molecule has 0 aromatic heterocycles. The molecule has 0 aromatic rings. The summed E-state index contributed by atoms with van der Waals surface area (Å²) in [5.41, 5.74) is 7.90. The van der Waals surface area contributed by atoms with Gasteiger partial charge in [0.1, 0.15) is 6.54 Å². The number of hydrogen-bond acceptors (Lipinski definition) is 2. The van der Waals surface area contributed by atoms with Crippen LogP contribution in [0.3, 0.4) is 0 Å². The average Bonchev–Trinajstić information content (AvgIpc) is 2.42. The summed E-state index contributed by atoms with van der Waals surface area (Å²) < 4.78 is 25.2. The molecule has 0 unspecified atom stereocenters. The monoisotopic (exact) mass is 190 g/mol. The molecule has 13 heavy (non-hydrogen) atoms. The SMILES string of the molecule is [N-]=[N+]=NCC(=O)N1CCC(F)(F)C1. The van der Waals surface area contributed by atoms with E-state index in [1.165, 1.54) is 0 Å². The van der Waals surface area contributed by atoms with Gasteiger partial charge < -0.3 is 4.90 Å². The maximum absolute atomic E-state index is 12.6. The highest BCUT2D eigenvalue weighted by Gasteiger charge is 2.39. The van der Waals surface area contributed by atoms with Crippen molar-refractivity contribution in [1.29, 1.82) is 0 Å². The Bertz CT molecular complexity index is 261. The number of nitrogens with zero attached hydrogens (tertiary/aromatic N) is 4. The molecule has 1 saturated heterocycles. The van der Waals surface area contributed by atoms with E-state index in [4.69, 9.17) is 5.53 Å². The van der Waals surface area contributed by atoms with Gasteiger partial charge in [-0.25, -0.2) is 8.78 Å². The average molecular weight is 190 g/mol. The molecule has 0 N–H and O–H groups in total. The van der Waals surface area contributed by atoms with E-state index in [0.717, 1.165) is 4.90 Å². The van der Waals surface area contributed by atoms with E-state index in [1.807, 2.05) is 0 Å². The molecule has 1 rings (SSSR count). The van der Waals surface area contributed by atoms with Gasteiger partial charge in [-0.15, -0.1) is 0 Å². The number of rotatable bonds is 2. The predicted molar refractivity (Wildman–Crippen MR) is 40.2 cm³/mol. The normalized spacial score (nSPS) is 19.7. The van der Waals surface area contributed by atoms with Gasteiger partial charge in [0.15, 0.2) is 0 Å². The molecule has 0 aliphatic carbocycles. The maximum atomic E-state index is 12.6. The quantitative estimate of drug-likeness (QED) is 0.366. The van der Waals surface area contributed by atoms with Crippen molar-refractivity contribution in [3.8, 4) is 0 Å². The Morgan fingerprint density at radius 1 is 1.69 bits per heavy atom. The second-order valence-corrected chi connectivity index (χ2v) is 2.81. The first-order chi connectivity index (χ1) is 6.05. The van der Waals surface area contributed by atoms with Crippen LogP contribution in [0.5, 0.6) is 0 Å². The van der Waals surface area contributed by atoms with Crippen LogP contribution in [0.4, 0.5) is 8.78 Å². The van der Waals surface area contributed by atoms with Crippen molar-refractivity contribution in [2.45, 2.75) is 12.3 Å². The number of carbonyl (C=O) groups is 1. The van der Waals surface area contributed by atoms with E-state index < -0.39 is 18.4 Å². The number of halogens is 2. The standard InChI is InChI=1S/C6H8F2N4O/c7-6(8)1-2-12(4-6)5(13)3-10-11-9/h1-4H2. The van der Waals surface area contributed by atoms with Crippen molar-refractivity contribution in [3.63, 3.8) is 0 Å². The molecule has 1 amide bonds. The molecular weight excluding hydrogens is 182 g/mol. The zero-order valence-corrected chi connectivity index (χ0v) is 6.78. The maximum Gasteiger partial charge on any atom is 0.267 e. The third-order valence-electron chi connectivity index (χ3n) is 1.79. The summed E-state index contributed by atoms with van der Waals surface area (Å²) in [4.78, 5) is 14.4. The van der Waals surface area contributed by atoms with E-state index in [9.17, 15) is 13.6 Å². The van der Waals surface area contributed by atoms with Crippen LogP contribution in [0.25, 0.3) is 10.4 Å². The van der Waals surface area contributed by atoms with Crippen molar-refractivity contribution < 1.29 is 13.6 Å². The molecule has 0 atom stereocenters. The minimum absolute atomic E-state index is 0.0345. The Morgan fingerprint density at radius 3 is 2.85 bits per heavy atom. The Hall–Kier alpha value is -1.36. The number of carbonyl (C=O) groups excluding carboxylic acids is 1. The van der Waals surface area contributed by atoms with Gasteiger partial charge in [-0.05, 0) is 5.53 Å². The fraction of sp³-hybridized carbons (Fsp3) is 0.833. The van der Waals surface area contributed by atoms with E-state index in [0.29, 0.717) is 0 Å². The van der Waals surface area contributed by atoms with Crippen LogP contribution in [-0.4, -0.2) is 36.4 Å². The number of alkyl halides is 2. The smallest absolute Gasteiger partial charge is 0.267 e. The lowest BCUT2D eigenvalue weighted by atomic mass is 10.3. The van der Waals surface area contributed by atoms with Gasteiger partial charge in [-0.2, -0.15) is 0 Å². The molecule has 7 heteroatoms. The number of hydrogen-bond donors (Lipinski definition) is 0. The summed E-state index contributed by atoms with van der Waals surface area (Å²) in [7, 11) is 0. The molecule has 0 bridgehead atoms. The van der Waals surface area contributed by atoms with Crippen LogP contribution in [0, 0.1) is 0 Å². The second-order valence-electron chi connectivity index (χ2n) is 2.81. The summed E-state index contributed by atoms with van der Waals surface area (Å²) >= 11 is 0. The van der Waals surface area contributed by atoms with Crippen LogP contribution in [0.15, 0.2) is 5.11 Å². The highest BCUT2D eigenvalue weighted by molar-refractivity contribution is 5.78. The van der Waals surface area contributed by atoms with Gasteiger partial charge in [-0.1, -0.05) is 5.11 Å². The lowest BCUT2D eigenvalue weighted by molar-refractivity contribution is -0.130. The topological polar surface area (TPSA) is 69.1 Å². The molecule has 5 nitrogen and oxygen atoms in total. The lowest BCUT2D eigenvalue weighted by Crippen LogP contribution is -2.32. The van der Waals surface area contributed by atoms with E-state index >= 15 is 0 Å². The van der Waals surface area contributed by atoms with Crippen molar-refractivity contribution in [2.75, 3.05) is 19.6 Å². The van der Waals surface area contributed by atoms with Crippen LogP contribution < -0.4 is 0 Å². The highest BCUT2D eigenvalue weighted by atomic mass is 19.3. The van der Waals surface area contributed by atoms with Crippen molar-refractivity contribution >= 4 is 5.91 Å². The van der Waals surface area contributed by atoms with Gasteiger partial charge >= 0.3 is 0 Å². The molecule has 1 aliphatic heterocycles. The Morgan fingerprint density at radius 2 is 2.38 bits per heavy atom. The molecule has 1 heterocycles. The summed E-state index contributed by atoms with van der Waals surface area (Å²) in [5, 5.41) is 3.01. The minimum atomic E-state index is -2.79. The van der Waals surface area contributed by atoms with Gasteiger partial charge in [0.2, 0.25) is 5.91 Å². The van der Waals surface area contributed by atoms with E-state index in [-0.39, 0.29) is 19.5 Å². The summed E-state index contributed by atoms with van der Waals surface area (Å²) in [6.07, 6.45) is -0.311. The summed E-state index contributed by atoms with van der Waals surface area (Å²) in [6, 6.07) is 0. The fourth-order valence-corrected chi connectivity index (χ4v) is 1.14. The molecule has 1 fully saturated rings. The fourth-order valence-electron chi connectivity index (χ4n) is 1.14. The van der Waals surface area contributed by atoms with Gasteiger partial charge in [0, 0.05) is 17.9 Å². The molecular formula is C6H8F2N4O. The molecule has 0 aromatic carbocycles. The van der Waals surface area contributed by atoms with Crippen molar-refractivity contribution in [1.82, 2.24) is 4.90 Å². The van der Waals surface area contributed by atoms with Crippen LogP contribution >= 0.6 is 0 Å². The lowest BCUT2D eigenvalue weighted by Gasteiger charge is -2.14. The molecule has 1 aliphatic rings. The summed E-state index contributed by atoms with van der Waals surface area (Å²) in [6.45, 7) is -0.911. The van der Waals surface area contributed by atoms with Crippen LogP contribution in [-0.2, 0) is 4.79 Å². The van der Waals surface area contributed by atoms with Crippen LogP contribution in [0.2, 0.25) is 0 Å². The number of amides is 1. The van der Waals surface area contributed by atoms with Gasteiger partial charge in [0.25, 0.3) is 5.92 Å². The van der Waals surface area contributed by atoms with Crippen molar-refractivity contribution in [2.24, 2.45) is 5.11 Å². The third-order valence-corrected chi connectivity index (χ3v) is 1.79. The third kappa shape index (κ3) is 2.55. The zero-order valence-electron chi connectivity index (χ0n) is 6.78. The van der Waals surface area contributed by atoms with E-state index in [2.05, 4.69) is 10.0 Å². The first kappa shape index (κ1) is 9.73. The Labute approximate surface area is 72.9 Å². The minimum Gasteiger partial charge on any atom is -0.336 e. The molecule has 0 saturated carbocycles. The Kier molecular flexibility index (Phi) is 2.67. The zero-order chi connectivity index (χ0) is 9.90. The van der Waals surface area contributed by atoms with Crippen LogP contribution in [0.1, 0.15) is 6.42 Å². The number of likely N-dealkylation sites (tertiary alicyclic amines) is 1. The van der Waals surface area contributed by atoms with Gasteiger partial charge in [-0.3, -0.25) is 4.79 Å². The van der Waals surface area contributed by atoms with E-state index in [1.54, 1.807) is 0 Å². The first-order valence-electron chi connectivity index (χ1n) is 3.72. The highest BCUT2D eigenvalue weighted by Crippen LogP contribution is 2.26. The van der Waals surface area contributed by atoms with Crippen molar-refractivity contribution in [3.05, 3.63) is 10.4 Å². The predicted octanol–water partition coefficient (Wildman–Crippen LogP) is 1.16. The van der Waals surface area contributed by atoms with Gasteiger partial charge in [0.05, 0.1) is 6.54 Å². The summed E-state index contributed by atoms with van der Waals surface area (Å²) in [5.74, 6) is -3.33. The first-order valence-corrected chi connectivity index (χ1v) is 3.72. The molecule has 0 spiro atoms.